The van der Waals surface area contributed by atoms with Crippen LogP contribution in [-0.2, 0) is 0 Å². The molecule has 1 aromatic heterocycles. The van der Waals surface area contributed by atoms with Gasteiger partial charge in [0, 0.05) is 11.3 Å². The molecular weight excluding hydrogens is 312 g/mol. The summed E-state index contributed by atoms with van der Waals surface area (Å²) in [4.78, 5) is 16.1. The second kappa shape index (κ2) is 6.87. The monoisotopic (exact) mass is 325 g/mol. The fourth-order valence-electron chi connectivity index (χ4n) is 2.06. The van der Waals surface area contributed by atoms with Gasteiger partial charge < -0.3 is 10.6 Å². The third-order valence-corrected chi connectivity index (χ3v) is 3.22. The number of nitrogens with one attached hydrogen (secondary N) is 2. The molecule has 0 saturated heterocycles. The Kier molecular flexibility index (Phi) is 4.47. The Morgan fingerprint density at radius 3 is 2.29 bits per heavy atom. The lowest BCUT2D eigenvalue weighted by Gasteiger charge is -2.08. The highest BCUT2D eigenvalue weighted by Gasteiger charge is 2.07. The van der Waals surface area contributed by atoms with Crippen molar-refractivity contribution >= 4 is 23.1 Å². The molecule has 0 aliphatic heterocycles. The summed E-state index contributed by atoms with van der Waals surface area (Å²) in [7, 11) is 0. The van der Waals surface area contributed by atoms with Gasteiger partial charge in [-0.15, -0.1) is 0 Å². The number of hydrogen-bond donors (Lipinski definition) is 2. The van der Waals surface area contributed by atoms with E-state index in [2.05, 4.69) is 15.6 Å². The normalized spacial score (nSPS) is 10.2. The third kappa shape index (κ3) is 3.92. The molecule has 120 valence electrons. The van der Waals surface area contributed by atoms with E-state index in [1.54, 1.807) is 24.3 Å². The number of nitrogens with zero attached hydrogens (tertiary/aromatic N) is 1. The Balaban J connectivity index is 1.66. The molecule has 3 rings (SSSR count). The molecule has 0 saturated carbocycles. The molecular formula is C18H13F2N3O. The van der Waals surface area contributed by atoms with E-state index < -0.39 is 11.7 Å². The van der Waals surface area contributed by atoms with E-state index in [1.165, 1.54) is 36.5 Å². The van der Waals surface area contributed by atoms with E-state index in [-0.39, 0.29) is 11.4 Å². The maximum atomic E-state index is 13.1. The summed E-state index contributed by atoms with van der Waals surface area (Å²) in [5.74, 6) is -0.890. The predicted octanol–water partition coefficient (Wildman–Crippen LogP) is 4.36. The number of pyridine rings is 1. The van der Waals surface area contributed by atoms with Crippen molar-refractivity contribution in [3.8, 4) is 0 Å². The van der Waals surface area contributed by atoms with Crippen LogP contribution in [-0.4, -0.2) is 10.9 Å². The van der Waals surface area contributed by atoms with Crippen molar-refractivity contribution in [2.24, 2.45) is 0 Å². The maximum Gasteiger partial charge on any atom is 0.256 e. The number of carbonyl (C=O) groups is 1. The van der Waals surface area contributed by atoms with Crippen LogP contribution in [0.5, 0.6) is 0 Å². The smallest absolute Gasteiger partial charge is 0.256 e. The molecule has 0 fully saturated rings. The number of halogens is 2. The van der Waals surface area contributed by atoms with E-state index in [1.807, 2.05) is 0 Å². The van der Waals surface area contributed by atoms with E-state index >= 15 is 0 Å². The minimum atomic E-state index is -0.477. The van der Waals surface area contributed by atoms with E-state index in [0.717, 1.165) is 11.8 Å². The van der Waals surface area contributed by atoms with Crippen LogP contribution in [0, 0.1) is 11.6 Å². The summed E-state index contributed by atoms with van der Waals surface area (Å²) in [6, 6.07) is 14.7. The van der Waals surface area contributed by atoms with Crippen LogP contribution in [0.3, 0.4) is 0 Å². The quantitative estimate of drug-likeness (QED) is 0.749. The van der Waals surface area contributed by atoms with Gasteiger partial charge in [0.1, 0.15) is 17.5 Å². The summed E-state index contributed by atoms with van der Waals surface area (Å²) in [5, 5.41) is 5.65. The van der Waals surface area contributed by atoms with Gasteiger partial charge in [0.25, 0.3) is 5.91 Å². The Labute approximate surface area is 137 Å². The van der Waals surface area contributed by atoms with E-state index in [0.29, 0.717) is 11.5 Å². The van der Waals surface area contributed by atoms with Crippen molar-refractivity contribution in [1.82, 2.24) is 4.98 Å². The minimum Gasteiger partial charge on any atom is -0.354 e. The Morgan fingerprint density at radius 1 is 0.875 bits per heavy atom. The van der Waals surface area contributed by atoms with Crippen LogP contribution in [0.15, 0.2) is 66.9 Å². The lowest BCUT2D eigenvalue weighted by molar-refractivity contribution is 0.102. The molecule has 2 aromatic carbocycles. The highest BCUT2D eigenvalue weighted by Crippen LogP contribution is 2.17. The first-order valence-electron chi connectivity index (χ1n) is 7.16. The fraction of sp³-hybridized carbons (Fsp3) is 0. The van der Waals surface area contributed by atoms with Gasteiger partial charge in [-0.2, -0.15) is 0 Å². The maximum absolute atomic E-state index is 13.1. The van der Waals surface area contributed by atoms with Gasteiger partial charge in [-0.05, 0) is 54.6 Å². The van der Waals surface area contributed by atoms with Gasteiger partial charge in [0.2, 0.25) is 0 Å². The molecule has 1 heterocycles. The molecule has 2 N–H and O–H groups in total. The van der Waals surface area contributed by atoms with Crippen molar-refractivity contribution in [2.75, 3.05) is 10.6 Å². The first-order valence-corrected chi connectivity index (χ1v) is 7.16. The molecule has 24 heavy (non-hydrogen) atoms. The van der Waals surface area contributed by atoms with Crippen LogP contribution in [0.1, 0.15) is 10.4 Å². The summed E-state index contributed by atoms with van der Waals surface area (Å²) in [6.45, 7) is 0. The number of aromatic nitrogens is 1. The number of rotatable bonds is 4. The number of hydrogen-bond acceptors (Lipinski definition) is 3. The van der Waals surface area contributed by atoms with Crippen LogP contribution in [0.25, 0.3) is 0 Å². The van der Waals surface area contributed by atoms with Gasteiger partial charge in [-0.25, -0.2) is 13.8 Å². The SMILES string of the molecule is O=C(Nc1ccc(Nc2ccc(F)cc2)cn1)c1cccc(F)c1. The van der Waals surface area contributed by atoms with Crippen LogP contribution >= 0.6 is 0 Å². The average molecular weight is 325 g/mol. The lowest BCUT2D eigenvalue weighted by Crippen LogP contribution is -2.13. The number of amides is 1. The second-order valence-corrected chi connectivity index (χ2v) is 5.03. The van der Waals surface area contributed by atoms with Crippen molar-refractivity contribution in [3.63, 3.8) is 0 Å². The largest absolute Gasteiger partial charge is 0.354 e. The van der Waals surface area contributed by atoms with Gasteiger partial charge in [-0.3, -0.25) is 4.79 Å². The van der Waals surface area contributed by atoms with Crippen molar-refractivity contribution in [1.29, 1.82) is 0 Å². The van der Waals surface area contributed by atoms with Crippen molar-refractivity contribution in [3.05, 3.63) is 84.1 Å². The summed E-state index contributed by atoms with van der Waals surface area (Å²) in [5.41, 5.74) is 1.62. The zero-order valence-corrected chi connectivity index (χ0v) is 12.5. The molecule has 4 nitrogen and oxygen atoms in total. The summed E-state index contributed by atoms with van der Waals surface area (Å²) in [6.07, 6.45) is 1.53. The number of anilines is 3. The van der Waals surface area contributed by atoms with Gasteiger partial charge in [0.15, 0.2) is 0 Å². The topological polar surface area (TPSA) is 54.0 Å². The zero-order chi connectivity index (χ0) is 16.9. The molecule has 0 aliphatic rings. The molecule has 0 atom stereocenters. The van der Waals surface area contributed by atoms with E-state index in [9.17, 15) is 13.6 Å². The highest BCUT2D eigenvalue weighted by atomic mass is 19.1. The van der Waals surface area contributed by atoms with Gasteiger partial charge in [-0.1, -0.05) is 6.07 Å². The second-order valence-electron chi connectivity index (χ2n) is 5.03. The highest BCUT2D eigenvalue weighted by molar-refractivity contribution is 6.03. The standard InChI is InChI=1S/C18H13F2N3O/c19-13-4-6-15(7-5-13)22-16-8-9-17(21-11-16)23-18(24)12-2-1-3-14(20)10-12/h1-11,22H,(H,21,23,24). The molecule has 0 spiro atoms. The molecule has 0 unspecified atom stereocenters. The Bertz CT molecular complexity index is 849. The minimum absolute atomic E-state index is 0.213. The molecule has 0 radical (unpaired) electrons. The number of benzene rings is 2. The third-order valence-electron chi connectivity index (χ3n) is 3.22. The Hall–Kier alpha value is -3.28. The lowest BCUT2D eigenvalue weighted by atomic mass is 10.2. The zero-order valence-electron chi connectivity index (χ0n) is 12.5. The fourth-order valence-corrected chi connectivity index (χ4v) is 2.06. The molecule has 6 heteroatoms. The first-order chi connectivity index (χ1) is 11.6. The average Bonchev–Trinajstić information content (AvgIpc) is 2.59. The van der Waals surface area contributed by atoms with E-state index in [4.69, 9.17) is 0 Å². The molecule has 0 aliphatic carbocycles. The van der Waals surface area contributed by atoms with Gasteiger partial charge in [0.05, 0.1) is 11.9 Å². The van der Waals surface area contributed by atoms with Crippen LogP contribution in [0.4, 0.5) is 26.0 Å². The van der Waals surface area contributed by atoms with Crippen LogP contribution in [0.2, 0.25) is 0 Å². The molecule has 3 aromatic rings. The predicted molar refractivity (Wildman–Crippen MR) is 88.3 cm³/mol. The molecule has 0 bridgehead atoms. The molecule has 1 amide bonds. The van der Waals surface area contributed by atoms with Crippen LogP contribution < -0.4 is 10.6 Å². The van der Waals surface area contributed by atoms with Crippen molar-refractivity contribution < 1.29 is 13.6 Å². The Morgan fingerprint density at radius 2 is 1.62 bits per heavy atom. The van der Waals surface area contributed by atoms with Gasteiger partial charge >= 0.3 is 0 Å². The summed E-state index contributed by atoms with van der Waals surface area (Å²) >= 11 is 0. The van der Waals surface area contributed by atoms with Crippen molar-refractivity contribution in [2.45, 2.75) is 0 Å². The number of carbonyl (C=O) groups excluding carboxylic acids is 1. The first kappa shape index (κ1) is 15.6. The summed E-state index contributed by atoms with van der Waals surface area (Å²) < 4.78 is 26.0.